The number of anilines is 2. The molecule has 0 aliphatic carbocycles. The van der Waals surface area contributed by atoms with Crippen LogP contribution in [0, 0.1) is 0 Å². The summed E-state index contributed by atoms with van der Waals surface area (Å²) in [7, 11) is 0. The van der Waals surface area contributed by atoms with E-state index in [0.29, 0.717) is 4.75 Å². The molecule has 0 aromatic carbocycles. The molecule has 1 N–H and O–H groups in total. The smallest absolute Gasteiger partial charge is 0.134 e. The second kappa shape index (κ2) is 5.78. The van der Waals surface area contributed by atoms with Crippen LogP contribution in [-0.2, 0) is 0 Å². The molecule has 4 nitrogen and oxygen atoms in total. The minimum atomic E-state index is 0.306. The van der Waals surface area contributed by atoms with Crippen molar-refractivity contribution in [2.45, 2.75) is 31.9 Å². The molecule has 0 bridgehead atoms. The van der Waals surface area contributed by atoms with E-state index < -0.39 is 0 Å². The van der Waals surface area contributed by atoms with Crippen LogP contribution in [0.15, 0.2) is 12.4 Å². The molecule has 0 radical (unpaired) electrons. The third-order valence-corrected chi connectivity index (χ3v) is 4.26. The van der Waals surface area contributed by atoms with Crippen LogP contribution >= 0.6 is 11.8 Å². The van der Waals surface area contributed by atoms with Gasteiger partial charge >= 0.3 is 0 Å². The molecule has 0 atom stereocenters. The van der Waals surface area contributed by atoms with Crippen LogP contribution in [0.3, 0.4) is 0 Å². The number of rotatable bonds is 4. The lowest BCUT2D eigenvalue weighted by molar-refractivity contribution is 0.642. The van der Waals surface area contributed by atoms with Gasteiger partial charge in [0, 0.05) is 36.2 Å². The van der Waals surface area contributed by atoms with Crippen molar-refractivity contribution >= 4 is 23.4 Å². The summed E-state index contributed by atoms with van der Waals surface area (Å²) in [5.74, 6) is 3.13. The van der Waals surface area contributed by atoms with Crippen LogP contribution in [0.5, 0.6) is 0 Å². The molecule has 0 spiro atoms. The minimum Gasteiger partial charge on any atom is -0.370 e. The van der Waals surface area contributed by atoms with Gasteiger partial charge in [0.2, 0.25) is 0 Å². The highest BCUT2D eigenvalue weighted by atomic mass is 32.2. The molecule has 18 heavy (non-hydrogen) atoms. The van der Waals surface area contributed by atoms with Crippen LogP contribution in [0.4, 0.5) is 11.6 Å². The lowest BCUT2D eigenvalue weighted by Gasteiger charge is -2.38. The molecule has 100 valence electrons. The maximum absolute atomic E-state index is 4.40. The van der Waals surface area contributed by atoms with Crippen LogP contribution in [0.25, 0.3) is 0 Å². The number of hydrogen-bond donors (Lipinski definition) is 1. The van der Waals surface area contributed by atoms with E-state index >= 15 is 0 Å². The maximum Gasteiger partial charge on any atom is 0.134 e. The van der Waals surface area contributed by atoms with Crippen LogP contribution in [-0.4, -0.2) is 40.1 Å². The number of nitrogens with one attached hydrogen (secondary N) is 1. The van der Waals surface area contributed by atoms with E-state index in [1.54, 1.807) is 6.33 Å². The fraction of sp³-hybridized carbons (Fsp3) is 0.692. The highest BCUT2D eigenvalue weighted by Gasteiger charge is 2.27. The van der Waals surface area contributed by atoms with E-state index in [9.17, 15) is 0 Å². The summed E-state index contributed by atoms with van der Waals surface area (Å²) in [6.45, 7) is 9.81. The number of aromatic nitrogens is 2. The van der Waals surface area contributed by atoms with Crippen molar-refractivity contribution in [3.05, 3.63) is 12.4 Å². The lowest BCUT2D eigenvalue weighted by Crippen LogP contribution is -2.43. The van der Waals surface area contributed by atoms with E-state index in [2.05, 4.69) is 47.0 Å². The first-order valence-corrected chi connectivity index (χ1v) is 7.54. The van der Waals surface area contributed by atoms with Crippen molar-refractivity contribution < 1.29 is 0 Å². The molecule has 1 aromatic heterocycles. The topological polar surface area (TPSA) is 41.0 Å². The zero-order valence-electron chi connectivity index (χ0n) is 11.4. The van der Waals surface area contributed by atoms with Crippen molar-refractivity contribution in [3.63, 3.8) is 0 Å². The molecular formula is C13H22N4S. The van der Waals surface area contributed by atoms with Gasteiger partial charge < -0.3 is 10.2 Å². The zero-order chi connectivity index (χ0) is 13.0. The first-order chi connectivity index (χ1) is 8.61. The maximum atomic E-state index is 4.40. The SMILES string of the molecule is CCCNc1cc(N2CCSC(C)(C)C2)ncn1. The Bertz CT molecular complexity index is 394. The molecule has 1 saturated heterocycles. The third-order valence-electron chi connectivity index (χ3n) is 2.96. The summed E-state index contributed by atoms with van der Waals surface area (Å²) in [4.78, 5) is 11.0. The molecule has 1 aliphatic rings. The van der Waals surface area contributed by atoms with Gasteiger partial charge in [-0.3, -0.25) is 0 Å². The molecule has 1 aromatic rings. The Morgan fingerprint density at radius 2 is 2.28 bits per heavy atom. The van der Waals surface area contributed by atoms with Crippen molar-refractivity contribution in [1.82, 2.24) is 9.97 Å². The Labute approximate surface area is 114 Å². The summed E-state index contributed by atoms with van der Waals surface area (Å²) < 4.78 is 0.306. The average Bonchev–Trinajstić information content (AvgIpc) is 2.35. The third kappa shape index (κ3) is 3.51. The predicted octanol–water partition coefficient (Wildman–Crippen LogP) is 2.63. The Morgan fingerprint density at radius 3 is 3.00 bits per heavy atom. The van der Waals surface area contributed by atoms with E-state index in [-0.39, 0.29) is 0 Å². The van der Waals surface area contributed by atoms with Gasteiger partial charge in [-0.2, -0.15) is 11.8 Å². The van der Waals surface area contributed by atoms with Gasteiger partial charge in [0.05, 0.1) is 0 Å². The van der Waals surface area contributed by atoms with Crippen molar-refractivity contribution in [1.29, 1.82) is 0 Å². The minimum absolute atomic E-state index is 0.306. The molecule has 5 heteroatoms. The molecule has 2 heterocycles. The summed E-state index contributed by atoms with van der Waals surface area (Å²) >= 11 is 2.04. The summed E-state index contributed by atoms with van der Waals surface area (Å²) in [6.07, 6.45) is 2.76. The van der Waals surface area contributed by atoms with Gasteiger partial charge in [-0.25, -0.2) is 9.97 Å². The first kappa shape index (κ1) is 13.5. The molecule has 0 saturated carbocycles. The van der Waals surface area contributed by atoms with Crippen molar-refractivity contribution in [2.24, 2.45) is 0 Å². The monoisotopic (exact) mass is 266 g/mol. The molecular weight excluding hydrogens is 244 g/mol. The predicted molar refractivity (Wildman–Crippen MR) is 79.6 cm³/mol. The van der Waals surface area contributed by atoms with Crippen LogP contribution in [0.1, 0.15) is 27.2 Å². The Morgan fingerprint density at radius 1 is 1.44 bits per heavy atom. The molecule has 0 amide bonds. The number of thioether (sulfide) groups is 1. The van der Waals surface area contributed by atoms with Gasteiger partial charge in [0.25, 0.3) is 0 Å². The fourth-order valence-electron chi connectivity index (χ4n) is 2.08. The normalized spacial score (nSPS) is 18.7. The second-order valence-electron chi connectivity index (χ2n) is 5.22. The van der Waals surface area contributed by atoms with Crippen molar-refractivity contribution in [3.8, 4) is 0 Å². The first-order valence-electron chi connectivity index (χ1n) is 6.55. The number of hydrogen-bond acceptors (Lipinski definition) is 5. The summed E-state index contributed by atoms with van der Waals surface area (Å²) in [5.41, 5.74) is 0. The molecule has 1 fully saturated rings. The zero-order valence-corrected chi connectivity index (χ0v) is 12.3. The summed E-state index contributed by atoms with van der Waals surface area (Å²) in [5, 5.41) is 3.31. The van der Waals surface area contributed by atoms with Crippen LogP contribution in [0.2, 0.25) is 0 Å². The molecule has 0 unspecified atom stereocenters. The van der Waals surface area contributed by atoms with E-state index in [0.717, 1.165) is 43.4 Å². The molecule has 2 rings (SSSR count). The lowest BCUT2D eigenvalue weighted by atomic mass is 10.2. The highest BCUT2D eigenvalue weighted by molar-refractivity contribution is 8.00. The fourth-order valence-corrected chi connectivity index (χ4v) is 3.19. The Kier molecular flexibility index (Phi) is 4.32. The van der Waals surface area contributed by atoms with Gasteiger partial charge in [0.1, 0.15) is 18.0 Å². The van der Waals surface area contributed by atoms with Crippen molar-refractivity contribution in [2.75, 3.05) is 35.6 Å². The largest absolute Gasteiger partial charge is 0.370 e. The number of nitrogens with zero attached hydrogens (tertiary/aromatic N) is 3. The second-order valence-corrected chi connectivity index (χ2v) is 7.02. The quantitative estimate of drug-likeness (QED) is 0.907. The van der Waals surface area contributed by atoms with Crippen LogP contribution < -0.4 is 10.2 Å². The molecule has 1 aliphatic heterocycles. The Hall–Kier alpha value is -0.970. The van der Waals surface area contributed by atoms with Gasteiger partial charge in [-0.1, -0.05) is 6.92 Å². The van der Waals surface area contributed by atoms with E-state index in [4.69, 9.17) is 0 Å². The Balaban J connectivity index is 2.07. The van der Waals surface area contributed by atoms with E-state index in [1.807, 2.05) is 11.8 Å². The van der Waals surface area contributed by atoms with E-state index in [1.165, 1.54) is 0 Å². The van der Waals surface area contributed by atoms with Gasteiger partial charge in [-0.05, 0) is 20.3 Å². The summed E-state index contributed by atoms with van der Waals surface area (Å²) in [6, 6.07) is 2.06. The average molecular weight is 266 g/mol. The highest BCUT2D eigenvalue weighted by Crippen LogP contribution is 2.31. The standard InChI is InChI=1S/C13H22N4S/c1-4-5-14-11-8-12(16-10-15-11)17-6-7-18-13(2,3)9-17/h8,10H,4-7,9H2,1-3H3,(H,14,15,16). The van der Waals surface area contributed by atoms with Gasteiger partial charge in [-0.15, -0.1) is 0 Å². The van der Waals surface area contributed by atoms with Gasteiger partial charge in [0.15, 0.2) is 0 Å².